The van der Waals surface area contributed by atoms with E-state index in [0.717, 1.165) is 0 Å². The summed E-state index contributed by atoms with van der Waals surface area (Å²) in [5.41, 5.74) is -6.55. The largest absolute Gasteiger partial charge is 0.753 e. The van der Waals surface area contributed by atoms with Crippen molar-refractivity contribution in [1.82, 2.24) is 0 Å². The van der Waals surface area contributed by atoms with E-state index < -0.39 is 54.0 Å². The van der Waals surface area contributed by atoms with Crippen molar-refractivity contribution in [3.05, 3.63) is 42.7 Å². The Kier molecular flexibility index (Phi) is 7.97. The number of para-hydroxylation sites is 1. The summed E-state index contributed by atoms with van der Waals surface area (Å²) in [6, 6.07) is 6.53. The van der Waals surface area contributed by atoms with Crippen molar-refractivity contribution >= 4 is 17.0 Å². The topological polar surface area (TPSA) is 52.6 Å². The van der Waals surface area contributed by atoms with Crippen molar-refractivity contribution in [1.29, 1.82) is 0 Å². The molecule has 0 saturated heterocycles. The average molecular weight is 494 g/mol. The molecule has 31 heavy (non-hydrogen) atoms. The summed E-state index contributed by atoms with van der Waals surface area (Å²) in [7, 11) is 0. The Labute approximate surface area is 169 Å². The van der Waals surface area contributed by atoms with Crippen LogP contribution in [0.2, 0.25) is 0 Å². The highest BCUT2D eigenvalue weighted by molar-refractivity contribution is 7.80. The molecule has 0 aromatic heterocycles. The van der Waals surface area contributed by atoms with Gasteiger partial charge < -0.3 is 9.39 Å². The van der Waals surface area contributed by atoms with Gasteiger partial charge in [-0.3, -0.25) is 0 Å². The monoisotopic (exact) mass is 494 g/mol. The maximum atomic E-state index is 14.2. The molecule has 0 bridgehead atoms. The molecule has 0 N–H and O–H groups in total. The third-order valence-electron chi connectivity index (χ3n) is 3.72. The van der Waals surface area contributed by atoms with Gasteiger partial charge in [-0.1, -0.05) is 18.2 Å². The smallest absolute Gasteiger partial charge is 0.457 e. The molecule has 0 radical (unpaired) electrons. The summed E-state index contributed by atoms with van der Waals surface area (Å²) in [5.74, 6) is -14.2. The molecule has 1 rings (SSSR count). The van der Waals surface area contributed by atoms with Crippen molar-refractivity contribution in [2.24, 2.45) is 0 Å². The first-order chi connectivity index (χ1) is 13.9. The van der Waals surface area contributed by atoms with Gasteiger partial charge in [0.15, 0.2) is 0 Å². The summed E-state index contributed by atoms with van der Waals surface area (Å²) in [6.07, 6.45) is -17.8. The second-order valence-corrected chi connectivity index (χ2v) is 6.54. The number of rotatable bonds is 9. The second-order valence-electron chi connectivity index (χ2n) is 5.77. The maximum absolute atomic E-state index is 14.2. The zero-order chi connectivity index (χ0) is 24.3. The molecule has 1 aromatic carbocycles. The fourth-order valence-electron chi connectivity index (χ4n) is 2.14. The number of allylic oxidation sites excluding steroid dienone is 1. The predicted octanol–water partition coefficient (Wildman–Crippen LogP) is 5.62. The van der Waals surface area contributed by atoms with Crippen LogP contribution < -0.4 is 4.47 Å². The molecule has 0 fully saturated rings. The summed E-state index contributed by atoms with van der Waals surface area (Å²) in [4.78, 5) is 4.51. The van der Waals surface area contributed by atoms with Gasteiger partial charge in [-0.05, 0) is 31.1 Å². The van der Waals surface area contributed by atoms with Crippen molar-refractivity contribution in [2.45, 2.75) is 42.7 Å². The molecule has 0 aliphatic heterocycles. The van der Waals surface area contributed by atoms with Crippen molar-refractivity contribution < 1.29 is 61.9 Å². The van der Waals surface area contributed by atoms with Crippen LogP contribution in [0.3, 0.4) is 0 Å². The molecular formula is C15H11F11NO3S-. The van der Waals surface area contributed by atoms with Crippen LogP contribution in [0.5, 0.6) is 0 Å². The number of hydrogen-bond acceptors (Lipinski definition) is 3. The van der Waals surface area contributed by atoms with E-state index in [9.17, 15) is 57.1 Å². The number of hydrogen-bond donors (Lipinski definition) is 0. The Morgan fingerprint density at radius 1 is 0.871 bits per heavy atom. The van der Waals surface area contributed by atoms with E-state index >= 15 is 0 Å². The fourth-order valence-corrected chi connectivity index (χ4v) is 2.55. The molecule has 1 unspecified atom stereocenters. The average Bonchev–Trinajstić information content (AvgIpc) is 2.62. The molecule has 0 aliphatic rings. The number of alkyl halides is 11. The third kappa shape index (κ3) is 5.39. The number of halogens is 11. The van der Waals surface area contributed by atoms with Crippen molar-refractivity contribution in [3.8, 4) is 0 Å². The van der Waals surface area contributed by atoms with Gasteiger partial charge in [-0.15, -0.1) is 4.47 Å². The van der Waals surface area contributed by atoms with Crippen LogP contribution in [0.25, 0.3) is 0 Å². The van der Waals surface area contributed by atoms with Gasteiger partial charge in [0, 0.05) is 0 Å². The zero-order valence-corrected chi connectivity index (χ0v) is 15.5. The van der Waals surface area contributed by atoms with Crippen molar-refractivity contribution in [3.63, 3.8) is 0 Å². The highest BCUT2D eigenvalue weighted by Gasteiger charge is 2.85. The summed E-state index contributed by atoms with van der Waals surface area (Å²) in [6.45, 7) is 0. The van der Waals surface area contributed by atoms with Crippen LogP contribution in [0.1, 0.15) is 12.8 Å². The molecule has 1 aromatic rings. The van der Waals surface area contributed by atoms with E-state index in [4.69, 9.17) is 0 Å². The molecule has 0 amide bonds. The molecule has 178 valence electrons. The van der Waals surface area contributed by atoms with E-state index in [1.165, 1.54) is 30.3 Å². The number of nitrogens with zero attached hydrogens (tertiary/aromatic N) is 1. The highest BCUT2D eigenvalue weighted by atomic mass is 32.2. The first kappa shape index (κ1) is 26.9. The molecular weight excluding hydrogens is 483 g/mol. The van der Waals surface area contributed by atoms with Gasteiger partial charge in [0.1, 0.15) is 6.26 Å². The zero-order valence-electron chi connectivity index (χ0n) is 14.7. The number of benzene rings is 1. The van der Waals surface area contributed by atoms with Gasteiger partial charge in [0.25, 0.3) is 5.67 Å². The van der Waals surface area contributed by atoms with E-state index in [2.05, 4.69) is 4.84 Å². The van der Waals surface area contributed by atoms with Crippen LogP contribution in [0, 0.1) is 0 Å². The van der Waals surface area contributed by atoms with E-state index in [-0.39, 0.29) is 22.5 Å². The Morgan fingerprint density at radius 2 is 1.32 bits per heavy atom. The molecule has 0 aliphatic carbocycles. The lowest BCUT2D eigenvalue weighted by Gasteiger charge is -2.40. The Balaban J connectivity index is 3.09. The van der Waals surface area contributed by atoms with Crippen LogP contribution >= 0.6 is 0 Å². The maximum Gasteiger partial charge on any atom is 0.457 e. The lowest BCUT2D eigenvalue weighted by Crippen LogP contribution is -2.67. The van der Waals surface area contributed by atoms with Crippen LogP contribution in [-0.4, -0.2) is 38.6 Å². The van der Waals surface area contributed by atoms with Gasteiger partial charge in [0.2, 0.25) is 0 Å². The Bertz CT molecular complexity index is 755. The highest BCUT2D eigenvalue weighted by Crippen LogP contribution is 2.58. The van der Waals surface area contributed by atoms with E-state index in [0.29, 0.717) is 0 Å². The summed E-state index contributed by atoms with van der Waals surface area (Å²) < 4.78 is 164. The molecule has 0 heterocycles. The summed E-state index contributed by atoms with van der Waals surface area (Å²) >= 11 is -3.13. The molecule has 4 nitrogen and oxygen atoms in total. The molecule has 16 heteroatoms. The lowest BCUT2D eigenvalue weighted by atomic mass is 9.84. The molecule has 0 saturated carbocycles. The lowest BCUT2D eigenvalue weighted by molar-refractivity contribution is -0.407. The molecule has 0 spiro atoms. The molecule has 1 atom stereocenters. The normalized spacial score (nSPS) is 15.2. The Morgan fingerprint density at radius 3 is 1.71 bits per heavy atom. The quantitative estimate of drug-likeness (QED) is 0.194. The minimum atomic E-state index is -7.08. The van der Waals surface area contributed by atoms with Crippen LogP contribution in [0.15, 0.2) is 42.7 Å². The van der Waals surface area contributed by atoms with E-state index in [1.54, 1.807) is 0 Å². The minimum Gasteiger partial charge on any atom is -0.753 e. The van der Waals surface area contributed by atoms with Crippen LogP contribution in [-0.2, 0) is 16.1 Å². The first-order valence-corrected chi connectivity index (χ1v) is 8.77. The van der Waals surface area contributed by atoms with Gasteiger partial charge in [-0.2, -0.15) is 43.9 Å². The Hall–Kier alpha value is -2.10. The van der Waals surface area contributed by atoms with Crippen molar-refractivity contribution in [2.75, 3.05) is 4.47 Å². The predicted molar refractivity (Wildman–Crippen MR) is 83.1 cm³/mol. The van der Waals surface area contributed by atoms with Crippen LogP contribution in [0.4, 0.5) is 54.0 Å². The fraction of sp³-hybridized carbons (Fsp3) is 0.467. The summed E-state index contributed by atoms with van der Waals surface area (Å²) in [5, 5.41) is 0. The van der Waals surface area contributed by atoms with Gasteiger partial charge in [0.05, 0.1) is 17.0 Å². The van der Waals surface area contributed by atoms with Gasteiger partial charge in [-0.25, -0.2) is 8.60 Å². The second kappa shape index (κ2) is 9.18. The van der Waals surface area contributed by atoms with Gasteiger partial charge >= 0.3 is 24.2 Å². The first-order valence-electron chi connectivity index (χ1n) is 7.74. The SMILES string of the molecule is O=S([O-])N(OC=CCCC(F)(C(F)(F)C(F)(F)F)C(F)(F)C(F)(F)F)c1ccccc1. The minimum absolute atomic E-state index is 0.133. The third-order valence-corrected chi connectivity index (χ3v) is 4.29. The van der Waals surface area contributed by atoms with E-state index in [1.807, 2.05) is 0 Å². The standard InChI is InChI=1S/C15H12F11NO3S/c16-11(12(17,18)14(21,22)23,13(19,20)15(24,25)26)8-4-5-9-30-27(31(28)29)10-6-2-1-3-7-10/h1-3,5-7,9H,4,8H2,(H,28,29)/p-1. The number of anilines is 1.